The highest BCUT2D eigenvalue weighted by atomic mass is 16.6. The highest BCUT2D eigenvalue weighted by Crippen LogP contribution is 2.37. The highest BCUT2D eigenvalue weighted by molar-refractivity contribution is 5.79. The van der Waals surface area contributed by atoms with Crippen LogP contribution in [-0.4, -0.2) is 67.1 Å². The molecule has 140 valence electrons. The van der Waals surface area contributed by atoms with Crippen molar-refractivity contribution in [3.05, 3.63) is 0 Å². The molecule has 7 nitrogen and oxygen atoms in total. The summed E-state index contributed by atoms with van der Waals surface area (Å²) in [5.74, 6) is 0.581. The summed E-state index contributed by atoms with van der Waals surface area (Å²) in [5, 5.41) is 11.4. The van der Waals surface area contributed by atoms with Crippen LogP contribution in [0.25, 0.3) is 0 Å². The summed E-state index contributed by atoms with van der Waals surface area (Å²) < 4.78 is 10.4. The molecule has 24 heavy (non-hydrogen) atoms. The van der Waals surface area contributed by atoms with E-state index in [0.717, 1.165) is 12.8 Å². The van der Waals surface area contributed by atoms with Crippen molar-refractivity contribution in [2.75, 3.05) is 39.5 Å². The topological polar surface area (TPSA) is 88.1 Å². The summed E-state index contributed by atoms with van der Waals surface area (Å²) in [6.45, 7) is 9.16. The predicted octanol–water partition coefficient (Wildman–Crippen LogP) is 1.39. The molecular weight excluding hydrogens is 312 g/mol. The van der Waals surface area contributed by atoms with Crippen LogP contribution in [0.5, 0.6) is 0 Å². The first-order valence-corrected chi connectivity index (χ1v) is 8.69. The number of nitrogens with zero attached hydrogens (tertiary/aromatic N) is 1. The molecule has 1 aliphatic rings. The summed E-state index contributed by atoms with van der Waals surface area (Å²) in [6.07, 6.45) is 1.73. The fourth-order valence-electron chi connectivity index (χ4n) is 2.37. The molecule has 0 spiro atoms. The number of hydrogen-bond donors (Lipinski definition) is 2. The molecule has 0 heterocycles. The van der Waals surface area contributed by atoms with Crippen molar-refractivity contribution >= 4 is 12.0 Å². The van der Waals surface area contributed by atoms with E-state index in [-0.39, 0.29) is 25.0 Å². The smallest absolute Gasteiger partial charge is 0.407 e. The fourth-order valence-corrected chi connectivity index (χ4v) is 2.37. The van der Waals surface area contributed by atoms with Gasteiger partial charge in [0.15, 0.2) is 0 Å². The van der Waals surface area contributed by atoms with Crippen LogP contribution in [0.4, 0.5) is 4.79 Å². The Morgan fingerprint density at radius 2 is 1.92 bits per heavy atom. The van der Waals surface area contributed by atoms with Gasteiger partial charge in [0, 0.05) is 25.6 Å². The van der Waals surface area contributed by atoms with E-state index in [1.54, 1.807) is 25.7 Å². The summed E-state index contributed by atoms with van der Waals surface area (Å²) in [5.41, 5.74) is -0.543. The van der Waals surface area contributed by atoms with Crippen molar-refractivity contribution in [2.24, 2.45) is 11.8 Å². The number of hydrogen-bond acceptors (Lipinski definition) is 5. The molecule has 1 atom stereocenters. The van der Waals surface area contributed by atoms with Gasteiger partial charge in [-0.3, -0.25) is 4.79 Å². The number of nitrogens with one attached hydrogen (secondary N) is 1. The Hall–Kier alpha value is -1.34. The molecule has 0 saturated heterocycles. The number of carbonyl (C=O) groups is 2. The number of aliphatic hydroxyl groups excluding tert-OH is 1. The van der Waals surface area contributed by atoms with Crippen LogP contribution in [0, 0.1) is 11.8 Å². The van der Waals surface area contributed by atoms with Crippen molar-refractivity contribution in [1.29, 1.82) is 0 Å². The quantitative estimate of drug-likeness (QED) is 0.585. The largest absolute Gasteiger partial charge is 0.444 e. The average Bonchev–Trinajstić information content (AvgIpc) is 3.31. The van der Waals surface area contributed by atoms with Gasteiger partial charge in [0.25, 0.3) is 0 Å². The average molecular weight is 344 g/mol. The van der Waals surface area contributed by atoms with Gasteiger partial charge in [0.2, 0.25) is 5.91 Å². The number of amides is 2. The van der Waals surface area contributed by atoms with Crippen LogP contribution in [0.2, 0.25) is 0 Å². The lowest BCUT2D eigenvalue weighted by atomic mass is 10.0. The van der Waals surface area contributed by atoms with Crippen molar-refractivity contribution in [2.45, 2.75) is 46.1 Å². The minimum absolute atomic E-state index is 0.00404. The normalized spacial score (nSPS) is 15.7. The van der Waals surface area contributed by atoms with Crippen LogP contribution in [0.3, 0.4) is 0 Å². The lowest BCUT2D eigenvalue weighted by molar-refractivity contribution is -0.136. The minimum atomic E-state index is -0.543. The van der Waals surface area contributed by atoms with Crippen molar-refractivity contribution < 1.29 is 24.2 Å². The van der Waals surface area contributed by atoms with Crippen molar-refractivity contribution in [3.8, 4) is 0 Å². The number of alkyl carbamates (subject to hydrolysis) is 1. The maximum atomic E-state index is 12.6. The summed E-state index contributed by atoms with van der Waals surface area (Å²) in [7, 11) is 0. The van der Waals surface area contributed by atoms with Crippen molar-refractivity contribution in [1.82, 2.24) is 10.2 Å². The first-order valence-electron chi connectivity index (χ1n) is 8.69. The Labute approximate surface area is 144 Å². The van der Waals surface area contributed by atoms with Crippen LogP contribution < -0.4 is 5.32 Å². The molecule has 2 N–H and O–H groups in total. The van der Waals surface area contributed by atoms with Gasteiger partial charge in [0.05, 0.1) is 19.8 Å². The van der Waals surface area contributed by atoms with E-state index >= 15 is 0 Å². The first-order chi connectivity index (χ1) is 11.2. The molecule has 0 aromatic heterocycles. The monoisotopic (exact) mass is 344 g/mol. The van der Waals surface area contributed by atoms with Gasteiger partial charge in [-0.05, 0) is 39.5 Å². The second kappa shape index (κ2) is 9.84. The molecule has 1 unspecified atom stereocenters. The maximum Gasteiger partial charge on any atom is 0.407 e. The molecule has 1 fully saturated rings. The molecular formula is C17H32N2O5. The van der Waals surface area contributed by atoms with Crippen LogP contribution >= 0.6 is 0 Å². The summed E-state index contributed by atoms with van der Waals surface area (Å²) >= 11 is 0. The second-order valence-electron chi connectivity index (χ2n) is 7.22. The fraction of sp³-hybridized carbons (Fsp3) is 0.882. The number of aliphatic hydroxyl groups is 1. The van der Waals surface area contributed by atoms with Crippen LogP contribution in [0.15, 0.2) is 0 Å². The zero-order chi connectivity index (χ0) is 18.2. The van der Waals surface area contributed by atoms with E-state index in [1.165, 1.54) is 0 Å². The minimum Gasteiger partial charge on any atom is -0.444 e. The number of carbonyl (C=O) groups excluding carboxylic acids is 2. The summed E-state index contributed by atoms with van der Waals surface area (Å²) in [4.78, 5) is 26.0. The number of ether oxygens (including phenoxy) is 2. The molecule has 0 radical (unpaired) electrons. The van der Waals surface area contributed by atoms with Gasteiger partial charge in [-0.2, -0.15) is 0 Å². The Morgan fingerprint density at radius 1 is 1.25 bits per heavy atom. The maximum absolute atomic E-state index is 12.6. The molecule has 1 rings (SSSR count). The Bertz CT molecular complexity index is 404. The molecule has 2 amide bonds. The third-order valence-electron chi connectivity index (χ3n) is 3.82. The Morgan fingerprint density at radius 3 is 2.46 bits per heavy atom. The molecule has 7 heteroatoms. The molecule has 1 aliphatic carbocycles. The Kier molecular flexibility index (Phi) is 8.48. The zero-order valence-electron chi connectivity index (χ0n) is 15.3. The van der Waals surface area contributed by atoms with Gasteiger partial charge in [-0.1, -0.05) is 6.92 Å². The van der Waals surface area contributed by atoms with Crippen molar-refractivity contribution in [3.63, 3.8) is 0 Å². The number of rotatable bonds is 10. The standard InChI is InChI=1S/C17H32N2O5/c1-13(14-5-6-14)15(21)19(9-11-23-12-10-20)8-7-18-16(22)24-17(2,3)4/h13-14,20H,5-12H2,1-4H3,(H,18,22). The lowest BCUT2D eigenvalue weighted by Crippen LogP contribution is -2.43. The molecule has 0 aromatic rings. The molecule has 0 aliphatic heterocycles. The van der Waals surface area contributed by atoms with Crippen LogP contribution in [-0.2, 0) is 14.3 Å². The predicted molar refractivity (Wildman–Crippen MR) is 90.6 cm³/mol. The molecule has 0 aromatic carbocycles. The highest BCUT2D eigenvalue weighted by Gasteiger charge is 2.34. The van der Waals surface area contributed by atoms with Gasteiger partial charge >= 0.3 is 6.09 Å². The second-order valence-corrected chi connectivity index (χ2v) is 7.22. The van der Waals surface area contributed by atoms with Gasteiger partial charge in [-0.15, -0.1) is 0 Å². The van der Waals surface area contributed by atoms with E-state index in [1.807, 2.05) is 6.92 Å². The third kappa shape index (κ3) is 8.49. The molecule has 0 bridgehead atoms. The van der Waals surface area contributed by atoms with E-state index in [4.69, 9.17) is 14.6 Å². The lowest BCUT2D eigenvalue weighted by Gasteiger charge is -2.26. The van der Waals surface area contributed by atoms with E-state index in [0.29, 0.717) is 32.2 Å². The SMILES string of the molecule is CC(C(=O)N(CCNC(=O)OC(C)(C)C)CCOCCO)C1CC1. The third-order valence-corrected chi connectivity index (χ3v) is 3.82. The first kappa shape index (κ1) is 20.7. The van der Waals surface area contributed by atoms with Crippen LogP contribution in [0.1, 0.15) is 40.5 Å². The van der Waals surface area contributed by atoms with Gasteiger partial charge in [-0.25, -0.2) is 4.79 Å². The Balaban J connectivity index is 2.42. The molecule has 1 saturated carbocycles. The summed E-state index contributed by atoms with van der Waals surface area (Å²) in [6, 6.07) is 0. The van der Waals surface area contributed by atoms with Gasteiger partial charge in [0.1, 0.15) is 5.60 Å². The van der Waals surface area contributed by atoms with E-state index < -0.39 is 11.7 Å². The van der Waals surface area contributed by atoms with Gasteiger partial charge < -0.3 is 24.8 Å². The van der Waals surface area contributed by atoms with E-state index in [9.17, 15) is 9.59 Å². The zero-order valence-corrected chi connectivity index (χ0v) is 15.3. The van der Waals surface area contributed by atoms with E-state index in [2.05, 4.69) is 5.32 Å².